The minimum Gasteiger partial charge on any atom is -0.332 e. The highest BCUT2D eigenvalue weighted by Crippen LogP contribution is 2.25. The van der Waals surface area contributed by atoms with Crippen LogP contribution in [0, 0.1) is 0 Å². The van der Waals surface area contributed by atoms with Crippen molar-refractivity contribution in [1.29, 1.82) is 0 Å². The Morgan fingerprint density at radius 3 is 2.71 bits per heavy atom. The van der Waals surface area contributed by atoms with Crippen LogP contribution in [-0.2, 0) is 4.79 Å². The van der Waals surface area contributed by atoms with E-state index < -0.39 is 29.5 Å². The molecule has 94 valence electrons. The first kappa shape index (κ1) is 12.1. The van der Waals surface area contributed by atoms with E-state index >= 15 is 0 Å². The average Bonchev–Trinajstić information content (AvgIpc) is 2.73. The van der Waals surface area contributed by atoms with Gasteiger partial charge in [0.25, 0.3) is 0 Å². The molecule has 0 radical (unpaired) electrons. The maximum absolute atomic E-state index is 12.2. The Balaban J connectivity index is 2.14. The minimum absolute atomic E-state index is 0.00697. The van der Waals surface area contributed by atoms with Crippen molar-refractivity contribution < 1.29 is 18.0 Å². The lowest BCUT2D eigenvalue weighted by atomic mass is 10.3. The monoisotopic (exact) mass is 267 g/mol. The zero-order chi connectivity index (χ0) is 12.6. The summed E-state index contributed by atoms with van der Waals surface area (Å²) in [5.41, 5.74) is 1.27. The molecule has 1 saturated heterocycles. The number of aromatic nitrogens is 2. The molecule has 1 fully saturated rings. The average molecular weight is 267 g/mol. The summed E-state index contributed by atoms with van der Waals surface area (Å²) in [6.07, 6.45) is -4.24. The van der Waals surface area contributed by atoms with Crippen LogP contribution < -0.4 is 4.87 Å². The molecule has 9 heteroatoms. The van der Waals surface area contributed by atoms with Gasteiger partial charge in [0.05, 0.1) is 0 Å². The van der Waals surface area contributed by atoms with Gasteiger partial charge >= 0.3 is 11.0 Å². The second-order valence-electron chi connectivity index (χ2n) is 3.63. The van der Waals surface area contributed by atoms with E-state index in [4.69, 9.17) is 0 Å². The molecule has 0 bridgehead atoms. The van der Waals surface area contributed by atoms with Crippen LogP contribution in [0.1, 0.15) is 12.5 Å². The standard InChI is InChI=1S/C8H8F3N3O2S/c9-8(10,11)3-13-2-1-5(6(13)15)14-7(16)17-4-12-14/h4-5H,1-3H2/t5-/m0/s1. The third kappa shape index (κ3) is 2.48. The molecule has 1 amide bonds. The maximum atomic E-state index is 12.2. The van der Waals surface area contributed by atoms with Crippen LogP contribution >= 0.6 is 11.3 Å². The number of likely N-dealkylation sites (tertiary alicyclic amines) is 1. The molecule has 1 atom stereocenters. The largest absolute Gasteiger partial charge is 0.406 e. The van der Waals surface area contributed by atoms with Gasteiger partial charge < -0.3 is 4.90 Å². The molecule has 0 aromatic carbocycles. The zero-order valence-corrected chi connectivity index (χ0v) is 9.29. The molecular formula is C8H8F3N3O2S. The summed E-state index contributed by atoms with van der Waals surface area (Å²) in [5.74, 6) is -0.699. The zero-order valence-electron chi connectivity index (χ0n) is 8.48. The fourth-order valence-electron chi connectivity index (χ4n) is 1.75. The number of rotatable bonds is 2. The second-order valence-corrected chi connectivity index (χ2v) is 4.42. The van der Waals surface area contributed by atoms with E-state index in [1.807, 2.05) is 0 Å². The number of hydrogen-bond donors (Lipinski definition) is 0. The molecule has 0 spiro atoms. The third-order valence-electron chi connectivity index (χ3n) is 2.45. The molecule has 2 rings (SSSR count). The highest BCUT2D eigenvalue weighted by molar-refractivity contribution is 7.06. The van der Waals surface area contributed by atoms with E-state index in [0.717, 1.165) is 16.0 Å². The van der Waals surface area contributed by atoms with Crippen LogP contribution in [-0.4, -0.2) is 39.9 Å². The van der Waals surface area contributed by atoms with Crippen molar-refractivity contribution in [1.82, 2.24) is 14.7 Å². The number of alkyl halides is 3. The first-order valence-corrected chi connectivity index (χ1v) is 5.64. The van der Waals surface area contributed by atoms with Gasteiger partial charge in [-0.1, -0.05) is 11.3 Å². The second kappa shape index (κ2) is 4.13. The summed E-state index contributed by atoms with van der Waals surface area (Å²) in [7, 11) is 0. The van der Waals surface area contributed by atoms with Crippen molar-refractivity contribution in [2.45, 2.75) is 18.6 Å². The Morgan fingerprint density at radius 1 is 1.47 bits per heavy atom. The van der Waals surface area contributed by atoms with E-state index in [0.29, 0.717) is 4.90 Å². The van der Waals surface area contributed by atoms with E-state index in [1.54, 1.807) is 0 Å². The van der Waals surface area contributed by atoms with Gasteiger partial charge in [0.15, 0.2) is 0 Å². The quantitative estimate of drug-likeness (QED) is 0.790. The topological polar surface area (TPSA) is 55.2 Å². The van der Waals surface area contributed by atoms with Crippen molar-refractivity contribution in [2.24, 2.45) is 0 Å². The Labute approximate surface area is 97.5 Å². The Kier molecular flexibility index (Phi) is 2.94. The first-order chi connectivity index (χ1) is 7.88. The van der Waals surface area contributed by atoms with Gasteiger partial charge in [-0.2, -0.15) is 18.3 Å². The van der Waals surface area contributed by atoms with Crippen molar-refractivity contribution in [3.05, 3.63) is 15.2 Å². The number of amides is 1. The number of carbonyl (C=O) groups is 1. The Bertz CT molecular complexity index is 481. The highest BCUT2D eigenvalue weighted by atomic mass is 32.1. The summed E-state index contributed by atoms with van der Waals surface area (Å²) in [6, 6.07) is -0.893. The number of hydrogen-bond acceptors (Lipinski definition) is 4. The van der Waals surface area contributed by atoms with Gasteiger partial charge in [0.1, 0.15) is 18.1 Å². The minimum atomic E-state index is -4.42. The highest BCUT2D eigenvalue weighted by Gasteiger charge is 2.40. The normalized spacial score (nSPS) is 21.2. The van der Waals surface area contributed by atoms with Gasteiger partial charge in [-0.3, -0.25) is 9.59 Å². The van der Waals surface area contributed by atoms with Crippen molar-refractivity contribution in [3.63, 3.8) is 0 Å². The fourth-order valence-corrected chi connectivity index (χ4v) is 2.27. The van der Waals surface area contributed by atoms with Crippen LogP contribution in [0.5, 0.6) is 0 Å². The number of nitrogens with zero attached hydrogens (tertiary/aromatic N) is 3. The number of carbonyl (C=O) groups excluding carboxylic acids is 1. The molecule has 0 saturated carbocycles. The SMILES string of the molecule is O=C1[C@@H](n2ncsc2=O)CCN1CC(F)(F)F. The summed E-state index contributed by atoms with van der Waals surface area (Å²) in [5, 5.41) is 3.67. The van der Waals surface area contributed by atoms with Gasteiger partial charge in [-0.05, 0) is 6.42 Å². The van der Waals surface area contributed by atoms with Gasteiger partial charge in [-0.25, -0.2) is 4.68 Å². The Hall–Kier alpha value is -1.38. The van der Waals surface area contributed by atoms with E-state index in [-0.39, 0.29) is 13.0 Å². The molecule has 1 aromatic heterocycles. The molecule has 17 heavy (non-hydrogen) atoms. The molecule has 1 aliphatic rings. The Morgan fingerprint density at radius 2 is 2.18 bits per heavy atom. The van der Waals surface area contributed by atoms with Crippen molar-refractivity contribution in [2.75, 3.05) is 13.1 Å². The van der Waals surface area contributed by atoms with Crippen LogP contribution in [0.2, 0.25) is 0 Å². The molecule has 0 unspecified atom stereocenters. The molecule has 0 aliphatic carbocycles. The lowest BCUT2D eigenvalue weighted by Gasteiger charge is -2.18. The molecule has 5 nitrogen and oxygen atoms in total. The van der Waals surface area contributed by atoms with Crippen LogP contribution in [0.25, 0.3) is 0 Å². The van der Waals surface area contributed by atoms with Gasteiger partial charge in [0, 0.05) is 6.54 Å². The van der Waals surface area contributed by atoms with Crippen LogP contribution in [0.15, 0.2) is 10.3 Å². The van der Waals surface area contributed by atoms with E-state index in [2.05, 4.69) is 5.10 Å². The molecule has 1 aromatic rings. The summed E-state index contributed by atoms with van der Waals surface area (Å²) < 4.78 is 37.4. The summed E-state index contributed by atoms with van der Waals surface area (Å²) in [4.78, 5) is 23.2. The molecule has 2 heterocycles. The fraction of sp³-hybridized carbons (Fsp3) is 0.625. The predicted molar refractivity (Wildman–Crippen MR) is 52.7 cm³/mol. The molecule has 0 N–H and O–H groups in total. The van der Waals surface area contributed by atoms with Crippen LogP contribution in [0.3, 0.4) is 0 Å². The van der Waals surface area contributed by atoms with Crippen molar-refractivity contribution in [3.8, 4) is 0 Å². The molecule has 1 aliphatic heterocycles. The predicted octanol–water partition coefficient (Wildman–Crippen LogP) is 0.641. The van der Waals surface area contributed by atoms with Crippen LogP contribution in [0.4, 0.5) is 13.2 Å². The van der Waals surface area contributed by atoms with E-state index in [1.165, 1.54) is 5.51 Å². The summed E-state index contributed by atoms with van der Waals surface area (Å²) in [6.45, 7) is -1.28. The first-order valence-electron chi connectivity index (χ1n) is 4.76. The lowest BCUT2D eigenvalue weighted by molar-refractivity contribution is -0.158. The van der Waals surface area contributed by atoms with E-state index in [9.17, 15) is 22.8 Å². The lowest BCUT2D eigenvalue weighted by Crippen LogP contribution is -2.37. The number of halogens is 3. The third-order valence-corrected chi connectivity index (χ3v) is 3.04. The summed E-state index contributed by atoms with van der Waals surface area (Å²) >= 11 is 0.811. The maximum Gasteiger partial charge on any atom is 0.406 e. The van der Waals surface area contributed by atoms with Crippen molar-refractivity contribution >= 4 is 17.2 Å². The smallest absolute Gasteiger partial charge is 0.332 e. The molecular weight excluding hydrogens is 259 g/mol. The van der Waals surface area contributed by atoms with Gasteiger partial charge in [0.2, 0.25) is 5.91 Å². The van der Waals surface area contributed by atoms with Gasteiger partial charge in [-0.15, -0.1) is 0 Å².